The minimum Gasteiger partial charge on any atom is -0.484 e. The summed E-state index contributed by atoms with van der Waals surface area (Å²) in [5, 5.41) is 16.7. The lowest BCUT2D eigenvalue weighted by Gasteiger charge is -2.56. The minimum absolute atomic E-state index is 0.0241. The van der Waals surface area contributed by atoms with Crippen molar-refractivity contribution < 1.29 is 23.8 Å². The van der Waals surface area contributed by atoms with Crippen LogP contribution in [0, 0.1) is 5.82 Å². The van der Waals surface area contributed by atoms with Crippen LogP contribution in [0.5, 0.6) is 5.75 Å². The van der Waals surface area contributed by atoms with Gasteiger partial charge in [-0.3, -0.25) is 14.6 Å². The van der Waals surface area contributed by atoms with Gasteiger partial charge in [-0.1, -0.05) is 11.6 Å². The number of hydrogen-bond donors (Lipinski definition) is 3. The van der Waals surface area contributed by atoms with Crippen LogP contribution in [0.3, 0.4) is 0 Å². The van der Waals surface area contributed by atoms with Gasteiger partial charge in [0.15, 0.2) is 6.61 Å². The quantitative estimate of drug-likeness (QED) is 0.623. The molecule has 5 rings (SSSR count). The van der Waals surface area contributed by atoms with Crippen molar-refractivity contribution >= 4 is 23.4 Å². The average Bonchev–Trinajstić information content (AvgIpc) is 2.76. The van der Waals surface area contributed by atoms with Gasteiger partial charge in [0.05, 0.1) is 22.9 Å². The number of nitrogens with one attached hydrogen (secondary N) is 2. The first-order chi connectivity index (χ1) is 14.8. The highest BCUT2D eigenvalue weighted by molar-refractivity contribution is 6.30. The van der Waals surface area contributed by atoms with Gasteiger partial charge < -0.3 is 20.5 Å². The molecule has 3 saturated carbocycles. The number of amides is 2. The Bertz CT molecular complexity index is 983. The number of ether oxygens (including phenoxy) is 1. The van der Waals surface area contributed by atoms with Crippen LogP contribution in [0.1, 0.15) is 42.6 Å². The normalized spacial score (nSPS) is 26.9. The van der Waals surface area contributed by atoms with Crippen molar-refractivity contribution in [1.29, 1.82) is 0 Å². The van der Waals surface area contributed by atoms with Crippen LogP contribution in [-0.4, -0.2) is 50.7 Å². The Morgan fingerprint density at radius 2 is 2.00 bits per heavy atom. The second kappa shape index (κ2) is 8.39. The van der Waals surface area contributed by atoms with Gasteiger partial charge in [-0.05, 0) is 44.2 Å². The maximum atomic E-state index is 13.5. The lowest BCUT2D eigenvalue weighted by molar-refractivity contribution is -0.129. The van der Waals surface area contributed by atoms with Crippen molar-refractivity contribution in [2.75, 3.05) is 6.61 Å². The van der Waals surface area contributed by atoms with E-state index in [0.29, 0.717) is 32.1 Å². The third-order valence-electron chi connectivity index (χ3n) is 6.15. The number of nitrogens with zero attached hydrogens (tertiary/aromatic N) is 2. The molecule has 1 atom stereocenters. The number of aliphatic hydroxyl groups is 1. The standard InChI is InChI=1S/C21H22ClFN4O4/c22-14-2-1-13(9-15(14)23)31-12-18(29)26-20-3-5-21(6-4-20,17(28)10-20)27-19(30)16-11-24-7-8-25-16/h1-2,7-9,11,17,28H,3-6,10,12H2,(H,26,29)(H,27,30)/t17-,20?,21?/m0/s1. The van der Waals surface area contributed by atoms with E-state index in [2.05, 4.69) is 20.6 Å². The minimum atomic E-state index is -0.817. The third kappa shape index (κ3) is 4.47. The Kier molecular flexibility index (Phi) is 5.81. The number of carbonyl (C=O) groups excluding carboxylic acids is 2. The molecular weight excluding hydrogens is 427 g/mol. The van der Waals surface area contributed by atoms with Crippen LogP contribution < -0.4 is 15.4 Å². The molecule has 0 unspecified atom stereocenters. The van der Waals surface area contributed by atoms with Gasteiger partial charge in [0.25, 0.3) is 11.8 Å². The number of rotatable bonds is 6. The highest BCUT2D eigenvalue weighted by atomic mass is 35.5. The monoisotopic (exact) mass is 448 g/mol. The molecule has 0 spiro atoms. The molecule has 10 heteroatoms. The summed E-state index contributed by atoms with van der Waals surface area (Å²) in [6.45, 7) is -0.284. The summed E-state index contributed by atoms with van der Waals surface area (Å²) in [5.41, 5.74) is -1.13. The summed E-state index contributed by atoms with van der Waals surface area (Å²) in [6, 6.07) is 3.96. The lowest BCUT2D eigenvalue weighted by Crippen LogP contribution is -2.70. The Labute approximate surface area is 183 Å². The summed E-state index contributed by atoms with van der Waals surface area (Å²) < 4.78 is 18.9. The number of aromatic nitrogens is 2. The van der Waals surface area contributed by atoms with Crippen molar-refractivity contribution in [2.24, 2.45) is 0 Å². The van der Waals surface area contributed by atoms with E-state index >= 15 is 0 Å². The van der Waals surface area contributed by atoms with Crippen LogP contribution >= 0.6 is 11.6 Å². The third-order valence-corrected chi connectivity index (χ3v) is 6.45. The van der Waals surface area contributed by atoms with Crippen LogP contribution in [0.4, 0.5) is 4.39 Å². The molecule has 164 valence electrons. The van der Waals surface area contributed by atoms with E-state index in [0.717, 1.165) is 6.07 Å². The van der Waals surface area contributed by atoms with Gasteiger partial charge in [0.2, 0.25) is 0 Å². The fourth-order valence-corrected chi connectivity index (χ4v) is 4.53. The van der Waals surface area contributed by atoms with Crippen LogP contribution in [0.15, 0.2) is 36.8 Å². The van der Waals surface area contributed by atoms with E-state index in [9.17, 15) is 19.1 Å². The molecule has 1 aromatic heterocycles. The number of carbonyl (C=O) groups is 2. The molecule has 3 aliphatic rings. The highest BCUT2D eigenvalue weighted by Crippen LogP contribution is 2.47. The van der Waals surface area contributed by atoms with Crippen molar-refractivity contribution in [3.63, 3.8) is 0 Å². The molecule has 2 bridgehead atoms. The van der Waals surface area contributed by atoms with E-state index in [1.807, 2.05) is 0 Å². The molecule has 0 radical (unpaired) electrons. The fraction of sp³-hybridized carbons (Fsp3) is 0.429. The zero-order valence-electron chi connectivity index (χ0n) is 16.6. The molecule has 3 fully saturated rings. The zero-order valence-corrected chi connectivity index (χ0v) is 17.4. The number of hydrogen-bond acceptors (Lipinski definition) is 6. The van der Waals surface area contributed by atoms with Crippen LogP contribution in [0.2, 0.25) is 5.02 Å². The smallest absolute Gasteiger partial charge is 0.271 e. The summed E-state index contributed by atoms with van der Waals surface area (Å²) in [6.07, 6.45) is 6.03. The molecule has 8 nitrogen and oxygen atoms in total. The molecule has 0 saturated heterocycles. The highest BCUT2D eigenvalue weighted by Gasteiger charge is 2.55. The maximum absolute atomic E-state index is 13.5. The van der Waals surface area contributed by atoms with E-state index in [1.54, 1.807) is 0 Å². The number of fused-ring (bicyclic) bond motifs is 3. The van der Waals surface area contributed by atoms with Gasteiger partial charge in [-0.15, -0.1) is 0 Å². The fourth-order valence-electron chi connectivity index (χ4n) is 4.42. The van der Waals surface area contributed by atoms with Gasteiger partial charge in [-0.2, -0.15) is 0 Å². The van der Waals surface area contributed by atoms with Crippen molar-refractivity contribution in [3.05, 3.63) is 53.3 Å². The summed E-state index contributed by atoms with van der Waals surface area (Å²) in [7, 11) is 0. The Morgan fingerprint density at radius 3 is 2.65 bits per heavy atom. The van der Waals surface area contributed by atoms with E-state index in [4.69, 9.17) is 16.3 Å². The van der Waals surface area contributed by atoms with Gasteiger partial charge in [0, 0.05) is 24.0 Å². The molecule has 1 heterocycles. The van der Waals surface area contributed by atoms with E-state index < -0.39 is 23.0 Å². The molecule has 2 aromatic rings. The first-order valence-electron chi connectivity index (χ1n) is 9.96. The first-order valence-corrected chi connectivity index (χ1v) is 10.3. The zero-order chi connectivity index (χ0) is 22.1. The van der Waals surface area contributed by atoms with Crippen molar-refractivity contribution in [3.8, 4) is 5.75 Å². The topological polar surface area (TPSA) is 113 Å². The SMILES string of the molecule is O=C(COc1ccc(Cl)c(F)c1)NC12CCC(NC(=O)c3cnccn3)(CC1)[C@@H](O)C2. The van der Waals surface area contributed by atoms with Crippen LogP contribution in [0.25, 0.3) is 0 Å². The molecule has 1 aromatic carbocycles. The maximum Gasteiger partial charge on any atom is 0.271 e. The number of aliphatic hydroxyl groups excluding tert-OH is 1. The summed E-state index contributed by atoms with van der Waals surface area (Å²) >= 11 is 5.64. The molecular formula is C21H22ClFN4O4. The molecule has 2 amide bonds. The molecule has 31 heavy (non-hydrogen) atoms. The molecule has 3 aliphatic carbocycles. The number of benzene rings is 1. The average molecular weight is 449 g/mol. The van der Waals surface area contributed by atoms with E-state index in [1.165, 1.54) is 30.7 Å². The first kappa shape index (κ1) is 21.5. The second-order valence-electron chi connectivity index (χ2n) is 8.11. The Balaban J connectivity index is 1.34. The molecule has 3 N–H and O–H groups in total. The predicted octanol–water partition coefficient (Wildman–Crippen LogP) is 2.01. The van der Waals surface area contributed by atoms with Crippen molar-refractivity contribution in [2.45, 2.75) is 49.3 Å². The van der Waals surface area contributed by atoms with Gasteiger partial charge in [-0.25, -0.2) is 9.37 Å². The largest absolute Gasteiger partial charge is 0.484 e. The second-order valence-corrected chi connectivity index (χ2v) is 8.52. The van der Waals surface area contributed by atoms with Gasteiger partial charge in [0.1, 0.15) is 17.3 Å². The van der Waals surface area contributed by atoms with E-state index in [-0.39, 0.29) is 34.9 Å². The lowest BCUT2D eigenvalue weighted by atomic mass is 9.60. The molecule has 0 aliphatic heterocycles. The summed E-state index contributed by atoms with van der Waals surface area (Å²) in [5.74, 6) is -1.16. The van der Waals surface area contributed by atoms with Crippen molar-refractivity contribution in [1.82, 2.24) is 20.6 Å². The Morgan fingerprint density at radius 1 is 1.23 bits per heavy atom. The number of halogens is 2. The predicted molar refractivity (Wildman–Crippen MR) is 109 cm³/mol. The van der Waals surface area contributed by atoms with Gasteiger partial charge >= 0.3 is 0 Å². The Hall–Kier alpha value is -2.78. The van der Waals surface area contributed by atoms with Crippen LogP contribution in [-0.2, 0) is 4.79 Å². The summed E-state index contributed by atoms with van der Waals surface area (Å²) in [4.78, 5) is 32.9.